The van der Waals surface area contributed by atoms with Crippen LogP contribution >= 0.6 is 23.1 Å². The van der Waals surface area contributed by atoms with Crippen molar-refractivity contribution >= 4 is 39.2 Å². The molecule has 2 aromatic heterocycles. The zero-order chi connectivity index (χ0) is 20.1. The molecule has 0 fully saturated rings. The molecule has 1 N–H and O–H groups in total. The maximum atomic E-state index is 13.2. The first-order valence-corrected chi connectivity index (χ1v) is 10.4. The number of carbonyl (C=O) groups is 1. The quantitative estimate of drug-likeness (QED) is 0.281. The molecular weight excluding hydrogens is 390 g/mol. The number of fused-ring (bicyclic) bond motifs is 1. The lowest BCUT2D eigenvalue weighted by Gasteiger charge is -2.10. The van der Waals surface area contributed by atoms with Gasteiger partial charge in [0.05, 0.1) is 17.7 Å². The highest BCUT2D eigenvalue weighted by Crippen LogP contribution is 2.36. The lowest BCUT2D eigenvalue weighted by Crippen LogP contribution is -2.27. The van der Waals surface area contributed by atoms with Gasteiger partial charge < -0.3 is 5.32 Å². The number of allylic oxidation sites excluding steroid dienone is 1. The monoisotopic (exact) mass is 409 g/mol. The molecule has 0 atom stereocenters. The molecule has 3 rings (SSSR count). The van der Waals surface area contributed by atoms with Crippen LogP contribution in [0.15, 0.2) is 52.9 Å². The maximum absolute atomic E-state index is 13.2. The van der Waals surface area contributed by atoms with E-state index in [1.807, 2.05) is 37.3 Å². The number of benzene rings is 1. The number of amides is 1. The number of thiophene rings is 1. The fourth-order valence-corrected chi connectivity index (χ4v) is 4.86. The molecule has 0 aliphatic carbocycles. The van der Waals surface area contributed by atoms with Crippen LogP contribution in [0.25, 0.3) is 20.7 Å². The van der Waals surface area contributed by atoms with Crippen LogP contribution in [0.4, 0.5) is 0 Å². The van der Waals surface area contributed by atoms with Crippen molar-refractivity contribution in [3.63, 3.8) is 0 Å². The van der Waals surface area contributed by atoms with E-state index in [1.54, 1.807) is 10.6 Å². The third kappa shape index (κ3) is 4.03. The number of rotatable bonds is 7. The minimum Gasteiger partial charge on any atom is -0.344 e. The van der Waals surface area contributed by atoms with Gasteiger partial charge in [0.2, 0.25) is 5.91 Å². The van der Waals surface area contributed by atoms with E-state index in [9.17, 15) is 9.59 Å². The second kappa shape index (κ2) is 8.91. The van der Waals surface area contributed by atoms with Crippen molar-refractivity contribution in [3.8, 4) is 22.8 Å². The summed E-state index contributed by atoms with van der Waals surface area (Å²) in [6.07, 6.45) is 6.81. The van der Waals surface area contributed by atoms with E-state index in [-0.39, 0.29) is 23.8 Å². The highest BCUT2D eigenvalue weighted by atomic mass is 32.2. The average Bonchev–Trinajstić information content (AvgIpc) is 3.04. The molecule has 1 amide bonds. The van der Waals surface area contributed by atoms with Gasteiger partial charge >= 0.3 is 0 Å². The van der Waals surface area contributed by atoms with Crippen LogP contribution in [0, 0.1) is 19.3 Å². The van der Waals surface area contributed by atoms with Gasteiger partial charge in [-0.3, -0.25) is 14.2 Å². The molecule has 0 spiro atoms. The predicted molar refractivity (Wildman–Crippen MR) is 117 cm³/mol. The summed E-state index contributed by atoms with van der Waals surface area (Å²) in [5.74, 6) is 2.30. The van der Waals surface area contributed by atoms with Crippen LogP contribution < -0.4 is 10.9 Å². The largest absolute Gasteiger partial charge is 0.344 e. The Morgan fingerprint density at radius 2 is 2.18 bits per heavy atom. The van der Waals surface area contributed by atoms with Crippen LogP contribution in [0.2, 0.25) is 0 Å². The first-order valence-electron chi connectivity index (χ1n) is 8.60. The van der Waals surface area contributed by atoms with E-state index >= 15 is 0 Å². The number of thioether (sulfide) groups is 1. The first-order chi connectivity index (χ1) is 13.6. The van der Waals surface area contributed by atoms with Gasteiger partial charge in [-0.25, -0.2) is 4.98 Å². The SMILES string of the molecule is C#CCNC(=O)CSc1nc2sc(-c3ccccc3)c(C)c2c(=O)n1CC=C. The number of hydrogen-bond donors (Lipinski definition) is 1. The number of terminal acetylenes is 1. The second-order valence-electron chi connectivity index (χ2n) is 5.97. The van der Waals surface area contributed by atoms with E-state index in [1.165, 1.54) is 23.1 Å². The van der Waals surface area contributed by atoms with Crippen LogP contribution in [0.5, 0.6) is 0 Å². The van der Waals surface area contributed by atoms with E-state index in [0.717, 1.165) is 16.0 Å². The zero-order valence-corrected chi connectivity index (χ0v) is 17.0. The molecule has 0 unspecified atom stereocenters. The van der Waals surface area contributed by atoms with Crippen molar-refractivity contribution in [3.05, 3.63) is 58.9 Å². The smallest absolute Gasteiger partial charge is 0.263 e. The first kappa shape index (κ1) is 19.9. The number of nitrogens with one attached hydrogen (secondary N) is 1. The van der Waals surface area contributed by atoms with Gasteiger partial charge in [-0.1, -0.05) is 54.1 Å². The fraction of sp³-hybridized carbons (Fsp3) is 0.190. The molecule has 1 aromatic carbocycles. The molecule has 0 saturated heterocycles. The summed E-state index contributed by atoms with van der Waals surface area (Å²) in [4.78, 5) is 31.4. The molecule has 142 valence electrons. The van der Waals surface area contributed by atoms with Crippen LogP contribution in [-0.4, -0.2) is 27.8 Å². The Labute approximate surface area is 171 Å². The van der Waals surface area contributed by atoms with Crippen molar-refractivity contribution < 1.29 is 4.79 Å². The summed E-state index contributed by atoms with van der Waals surface area (Å²) in [5, 5.41) is 3.72. The molecule has 5 nitrogen and oxygen atoms in total. The Bertz CT molecular complexity index is 1120. The molecule has 0 radical (unpaired) electrons. The van der Waals surface area contributed by atoms with Gasteiger partial charge in [0.1, 0.15) is 4.83 Å². The summed E-state index contributed by atoms with van der Waals surface area (Å²) in [6, 6.07) is 9.94. The summed E-state index contributed by atoms with van der Waals surface area (Å²) in [6.45, 7) is 6.18. The summed E-state index contributed by atoms with van der Waals surface area (Å²) in [5.41, 5.74) is 1.86. The molecular formula is C21H19N3O2S2. The van der Waals surface area contributed by atoms with Crippen molar-refractivity contribution in [2.24, 2.45) is 0 Å². The van der Waals surface area contributed by atoms with Crippen LogP contribution in [0.1, 0.15) is 5.56 Å². The summed E-state index contributed by atoms with van der Waals surface area (Å²) < 4.78 is 1.56. The Hall–Kier alpha value is -2.82. The van der Waals surface area contributed by atoms with Crippen molar-refractivity contribution in [2.75, 3.05) is 12.3 Å². The molecule has 0 saturated carbocycles. The lowest BCUT2D eigenvalue weighted by atomic mass is 10.1. The van der Waals surface area contributed by atoms with Gasteiger partial charge in [-0.15, -0.1) is 24.3 Å². The van der Waals surface area contributed by atoms with Crippen LogP contribution in [0.3, 0.4) is 0 Å². The Kier molecular flexibility index (Phi) is 6.34. The van der Waals surface area contributed by atoms with Gasteiger partial charge in [0.25, 0.3) is 5.56 Å². The molecule has 28 heavy (non-hydrogen) atoms. The third-order valence-electron chi connectivity index (χ3n) is 4.08. The number of aromatic nitrogens is 2. The number of nitrogens with zero attached hydrogens (tertiary/aromatic N) is 2. The molecule has 0 aliphatic rings. The number of carbonyl (C=O) groups excluding carboxylic acids is 1. The van der Waals surface area contributed by atoms with Crippen molar-refractivity contribution in [2.45, 2.75) is 18.6 Å². The van der Waals surface area contributed by atoms with E-state index in [0.29, 0.717) is 21.9 Å². The summed E-state index contributed by atoms with van der Waals surface area (Å²) in [7, 11) is 0. The number of hydrogen-bond acceptors (Lipinski definition) is 5. The third-order valence-corrected chi connectivity index (χ3v) is 6.29. The Balaban J connectivity index is 2.06. The van der Waals surface area contributed by atoms with Gasteiger partial charge in [0.15, 0.2) is 5.16 Å². The zero-order valence-electron chi connectivity index (χ0n) is 15.4. The maximum Gasteiger partial charge on any atom is 0.263 e. The van der Waals surface area contributed by atoms with Crippen molar-refractivity contribution in [1.29, 1.82) is 0 Å². The Morgan fingerprint density at radius 3 is 2.86 bits per heavy atom. The minimum absolute atomic E-state index is 0.118. The minimum atomic E-state index is -0.199. The van der Waals surface area contributed by atoms with Gasteiger partial charge in [0, 0.05) is 11.4 Å². The lowest BCUT2D eigenvalue weighted by molar-refractivity contribution is -0.118. The highest BCUT2D eigenvalue weighted by Gasteiger charge is 2.19. The molecule has 3 aromatic rings. The van der Waals surface area contributed by atoms with E-state index in [4.69, 9.17) is 11.4 Å². The molecule has 0 bridgehead atoms. The van der Waals surface area contributed by atoms with E-state index in [2.05, 4.69) is 17.8 Å². The molecule has 7 heteroatoms. The average molecular weight is 410 g/mol. The Morgan fingerprint density at radius 1 is 1.43 bits per heavy atom. The topological polar surface area (TPSA) is 64.0 Å². The fourth-order valence-electron chi connectivity index (χ4n) is 2.79. The predicted octanol–water partition coefficient (Wildman–Crippen LogP) is 3.46. The van der Waals surface area contributed by atoms with Gasteiger partial charge in [-0.05, 0) is 18.1 Å². The number of aryl methyl sites for hydroxylation is 1. The van der Waals surface area contributed by atoms with Crippen LogP contribution in [-0.2, 0) is 11.3 Å². The second-order valence-corrected chi connectivity index (χ2v) is 7.91. The van der Waals surface area contributed by atoms with Gasteiger partial charge in [-0.2, -0.15) is 0 Å². The molecule has 0 aliphatic heterocycles. The summed E-state index contributed by atoms with van der Waals surface area (Å²) >= 11 is 2.71. The highest BCUT2D eigenvalue weighted by molar-refractivity contribution is 7.99. The molecule has 2 heterocycles. The standard InChI is InChI=1S/C21H19N3O2S2/c1-4-11-22-16(25)13-27-21-23-19-17(20(26)24(21)12-5-2)14(3)18(28-19)15-9-7-6-8-10-15/h1,5-10H,2,11-13H2,3H3,(H,22,25). The van der Waals surface area contributed by atoms with Crippen molar-refractivity contribution in [1.82, 2.24) is 14.9 Å². The van der Waals surface area contributed by atoms with E-state index < -0.39 is 0 Å². The normalized spacial score (nSPS) is 10.6.